The van der Waals surface area contributed by atoms with E-state index < -0.39 is 0 Å². The third-order valence-electron chi connectivity index (χ3n) is 3.38. The van der Waals surface area contributed by atoms with Crippen molar-refractivity contribution < 1.29 is 4.79 Å². The Labute approximate surface area is 136 Å². The molecular weight excluding hydrogens is 306 g/mol. The van der Waals surface area contributed by atoms with E-state index in [0.717, 1.165) is 10.9 Å². The Hall–Kier alpha value is -3.68. The number of fused-ring (bicyclic) bond motifs is 1. The quantitative estimate of drug-likeness (QED) is 0.619. The lowest BCUT2D eigenvalue weighted by atomic mass is 10.2. The van der Waals surface area contributed by atoms with Crippen molar-refractivity contribution in [2.24, 2.45) is 0 Å². The molecule has 3 heterocycles. The van der Waals surface area contributed by atoms with Crippen LogP contribution in [0.4, 0.5) is 5.69 Å². The van der Waals surface area contributed by atoms with Crippen LogP contribution in [0.2, 0.25) is 0 Å². The molecule has 1 N–H and O–H groups in total. The highest BCUT2D eigenvalue weighted by Crippen LogP contribution is 2.16. The number of rotatable bonds is 3. The lowest BCUT2D eigenvalue weighted by Crippen LogP contribution is -2.15. The molecule has 8 nitrogen and oxygen atoms in total. The number of pyridine rings is 1. The maximum atomic E-state index is 12.3. The molecule has 0 unspecified atom stereocenters. The van der Waals surface area contributed by atoms with Crippen LogP contribution in [0, 0.1) is 0 Å². The number of carbonyl (C=O) groups is 1. The van der Waals surface area contributed by atoms with Crippen LogP contribution in [0.3, 0.4) is 0 Å². The highest BCUT2D eigenvalue weighted by atomic mass is 16.1. The number of aromatic nitrogens is 6. The SMILES string of the molecule is O=C(Nc1cnc2ccccc2c1)c1ccc(-n2cncn2)nn1. The summed E-state index contributed by atoms with van der Waals surface area (Å²) in [5, 5.41) is 15.6. The molecule has 0 radical (unpaired) electrons. The lowest BCUT2D eigenvalue weighted by Gasteiger charge is -2.06. The summed E-state index contributed by atoms with van der Waals surface area (Å²) in [6.07, 6.45) is 4.51. The lowest BCUT2D eigenvalue weighted by molar-refractivity contribution is 0.102. The van der Waals surface area contributed by atoms with Gasteiger partial charge < -0.3 is 5.32 Å². The summed E-state index contributed by atoms with van der Waals surface area (Å²) in [4.78, 5) is 20.4. The molecule has 0 aliphatic rings. The first-order chi connectivity index (χ1) is 11.8. The fraction of sp³-hybridized carbons (Fsp3) is 0. The molecule has 116 valence electrons. The van der Waals surface area contributed by atoms with Crippen LogP contribution in [-0.4, -0.2) is 35.9 Å². The largest absolute Gasteiger partial charge is 0.319 e. The Kier molecular flexibility index (Phi) is 3.39. The fourth-order valence-corrected chi connectivity index (χ4v) is 2.23. The standard InChI is InChI=1S/C16H11N7O/c24-16(14-5-6-15(22-21-14)23-10-17-9-19-23)20-12-7-11-3-1-2-4-13(11)18-8-12/h1-10H,(H,20,24). The second kappa shape index (κ2) is 5.84. The second-order valence-electron chi connectivity index (χ2n) is 4.99. The summed E-state index contributed by atoms with van der Waals surface area (Å²) in [5.74, 6) is 0.126. The van der Waals surface area contributed by atoms with Crippen molar-refractivity contribution in [2.75, 3.05) is 5.32 Å². The molecule has 4 aromatic rings. The van der Waals surface area contributed by atoms with Gasteiger partial charge in [0.15, 0.2) is 11.5 Å². The van der Waals surface area contributed by atoms with Crippen molar-refractivity contribution in [3.8, 4) is 5.82 Å². The van der Waals surface area contributed by atoms with Crippen LogP contribution in [0.15, 0.2) is 61.3 Å². The van der Waals surface area contributed by atoms with Crippen LogP contribution in [0.25, 0.3) is 16.7 Å². The van der Waals surface area contributed by atoms with Crippen LogP contribution in [-0.2, 0) is 0 Å². The van der Waals surface area contributed by atoms with Crippen molar-refractivity contribution >= 4 is 22.5 Å². The first-order valence-corrected chi connectivity index (χ1v) is 7.14. The van der Waals surface area contributed by atoms with Gasteiger partial charge in [0.1, 0.15) is 12.7 Å². The summed E-state index contributed by atoms with van der Waals surface area (Å²) in [6.45, 7) is 0. The minimum Gasteiger partial charge on any atom is -0.319 e. The molecular formula is C16H11N7O. The van der Waals surface area contributed by atoms with Gasteiger partial charge in [-0.25, -0.2) is 9.67 Å². The Morgan fingerprint density at radius 2 is 2.00 bits per heavy atom. The highest BCUT2D eigenvalue weighted by Gasteiger charge is 2.10. The van der Waals surface area contributed by atoms with E-state index in [9.17, 15) is 4.79 Å². The third-order valence-corrected chi connectivity index (χ3v) is 3.38. The van der Waals surface area contributed by atoms with Gasteiger partial charge in [-0.15, -0.1) is 10.2 Å². The minimum absolute atomic E-state index is 0.201. The van der Waals surface area contributed by atoms with Gasteiger partial charge in [-0.3, -0.25) is 9.78 Å². The van der Waals surface area contributed by atoms with Crippen molar-refractivity contribution in [1.29, 1.82) is 0 Å². The minimum atomic E-state index is -0.357. The smallest absolute Gasteiger partial charge is 0.276 e. The number of benzene rings is 1. The van der Waals surface area contributed by atoms with Crippen molar-refractivity contribution in [1.82, 2.24) is 29.9 Å². The number of nitrogens with zero attached hydrogens (tertiary/aromatic N) is 6. The van der Waals surface area contributed by atoms with Gasteiger partial charge in [0, 0.05) is 5.39 Å². The number of para-hydroxylation sites is 1. The highest BCUT2D eigenvalue weighted by molar-refractivity contribution is 6.03. The van der Waals surface area contributed by atoms with E-state index in [-0.39, 0.29) is 11.6 Å². The van der Waals surface area contributed by atoms with Crippen molar-refractivity contribution in [3.63, 3.8) is 0 Å². The summed E-state index contributed by atoms with van der Waals surface area (Å²) in [7, 11) is 0. The Morgan fingerprint density at radius 3 is 2.79 bits per heavy atom. The molecule has 1 aromatic carbocycles. The molecule has 8 heteroatoms. The molecule has 24 heavy (non-hydrogen) atoms. The van der Waals surface area contributed by atoms with Crippen LogP contribution >= 0.6 is 0 Å². The molecule has 4 rings (SSSR count). The third kappa shape index (κ3) is 2.68. The number of anilines is 1. The molecule has 0 aliphatic heterocycles. The molecule has 0 aliphatic carbocycles. The molecule has 0 bridgehead atoms. The summed E-state index contributed by atoms with van der Waals surface area (Å²) < 4.78 is 1.46. The molecule has 0 saturated carbocycles. The van der Waals surface area contributed by atoms with Crippen molar-refractivity contribution in [2.45, 2.75) is 0 Å². The molecule has 0 saturated heterocycles. The number of amides is 1. The monoisotopic (exact) mass is 317 g/mol. The predicted octanol–water partition coefficient (Wildman–Crippen LogP) is 1.86. The van der Waals surface area contributed by atoms with Gasteiger partial charge in [0.05, 0.1) is 17.4 Å². The zero-order chi connectivity index (χ0) is 16.4. The number of hydrogen-bond acceptors (Lipinski definition) is 6. The second-order valence-corrected chi connectivity index (χ2v) is 4.99. The van der Waals surface area contributed by atoms with Gasteiger partial charge in [-0.05, 0) is 24.3 Å². The molecule has 0 fully saturated rings. The normalized spacial score (nSPS) is 10.7. The Bertz CT molecular complexity index is 997. The van der Waals surface area contributed by atoms with E-state index in [2.05, 4.69) is 30.6 Å². The molecule has 0 spiro atoms. The number of nitrogens with one attached hydrogen (secondary N) is 1. The first-order valence-electron chi connectivity index (χ1n) is 7.14. The predicted molar refractivity (Wildman–Crippen MR) is 86.6 cm³/mol. The van der Waals surface area contributed by atoms with E-state index >= 15 is 0 Å². The average Bonchev–Trinajstić information content (AvgIpc) is 3.16. The maximum absolute atomic E-state index is 12.3. The van der Waals surface area contributed by atoms with E-state index in [1.807, 2.05) is 30.3 Å². The van der Waals surface area contributed by atoms with Crippen molar-refractivity contribution in [3.05, 3.63) is 67.0 Å². The average molecular weight is 317 g/mol. The van der Waals surface area contributed by atoms with Gasteiger partial charge in [-0.1, -0.05) is 18.2 Å². The number of carbonyl (C=O) groups excluding carboxylic acids is 1. The van der Waals surface area contributed by atoms with E-state index in [1.54, 1.807) is 18.3 Å². The zero-order valence-electron chi connectivity index (χ0n) is 12.4. The van der Waals surface area contributed by atoms with Crippen LogP contribution in [0.5, 0.6) is 0 Å². The summed E-state index contributed by atoms with van der Waals surface area (Å²) >= 11 is 0. The molecule has 0 atom stereocenters. The van der Waals surface area contributed by atoms with E-state index in [0.29, 0.717) is 11.5 Å². The molecule has 3 aromatic heterocycles. The topological polar surface area (TPSA) is 98.5 Å². The van der Waals surface area contributed by atoms with E-state index in [4.69, 9.17) is 0 Å². The summed E-state index contributed by atoms with van der Waals surface area (Å²) in [5.41, 5.74) is 1.67. The van der Waals surface area contributed by atoms with E-state index in [1.165, 1.54) is 17.3 Å². The van der Waals surface area contributed by atoms with Gasteiger partial charge >= 0.3 is 0 Å². The van der Waals surface area contributed by atoms with Crippen LogP contribution < -0.4 is 5.32 Å². The Morgan fingerprint density at radius 1 is 1.08 bits per heavy atom. The Balaban J connectivity index is 1.54. The van der Waals surface area contributed by atoms with Crippen LogP contribution in [0.1, 0.15) is 10.5 Å². The fourth-order valence-electron chi connectivity index (χ4n) is 2.23. The zero-order valence-corrected chi connectivity index (χ0v) is 12.4. The number of hydrogen-bond donors (Lipinski definition) is 1. The maximum Gasteiger partial charge on any atom is 0.276 e. The van der Waals surface area contributed by atoms with Gasteiger partial charge in [0.2, 0.25) is 0 Å². The van der Waals surface area contributed by atoms with Gasteiger partial charge in [0.25, 0.3) is 5.91 Å². The van der Waals surface area contributed by atoms with Gasteiger partial charge in [-0.2, -0.15) is 5.10 Å². The first kappa shape index (κ1) is 13.9. The molecule has 1 amide bonds. The summed E-state index contributed by atoms with van der Waals surface area (Å²) in [6, 6.07) is 12.8.